The fourth-order valence-electron chi connectivity index (χ4n) is 3.67. The first-order chi connectivity index (χ1) is 17.2. The van der Waals surface area contributed by atoms with Crippen LogP contribution in [0.15, 0.2) is 74.7 Å². The van der Waals surface area contributed by atoms with Crippen molar-refractivity contribution in [1.29, 1.82) is 0 Å². The van der Waals surface area contributed by atoms with Crippen molar-refractivity contribution in [2.24, 2.45) is 4.99 Å². The number of halogens is 1. The number of hydrogen-bond donors (Lipinski definition) is 3. The fraction of sp³-hybridized carbons (Fsp3) is 0.0870. The molecule has 10 nitrogen and oxygen atoms in total. The summed E-state index contributed by atoms with van der Waals surface area (Å²) in [5.41, 5.74) is 0.866. The van der Waals surface area contributed by atoms with E-state index in [1.807, 2.05) is 4.72 Å². The number of aromatic nitrogens is 1. The smallest absolute Gasteiger partial charge is 0.333 e. The number of thiophene rings is 1. The lowest BCUT2D eigenvalue weighted by molar-refractivity contribution is 0.256. The molecule has 4 aromatic rings. The topological polar surface area (TPSA) is 139 Å². The number of benzene rings is 2. The molecular weight excluding hydrogens is 528 g/mol. The van der Waals surface area contributed by atoms with Gasteiger partial charge in [-0.05, 0) is 60.0 Å². The van der Waals surface area contributed by atoms with E-state index in [0.717, 1.165) is 21.5 Å². The van der Waals surface area contributed by atoms with Gasteiger partial charge in [0.2, 0.25) is 11.8 Å². The van der Waals surface area contributed by atoms with Crippen molar-refractivity contribution in [3.05, 3.63) is 80.9 Å². The quantitative estimate of drug-likeness (QED) is 0.350. The summed E-state index contributed by atoms with van der Waals surface area (Å²) in [5, 5.41) is 14.2. The van der Waals surface area contributed by atoms with E-state index in [0.29, 0.717) is 35.5 Å². The third kappa shape index (κ3) is 4.65. The highest BCUT2D eigenvalue weighted by atomic mass is 35.5. The number of sulfonamides is 1. The Morgan fingerprint density at radius 3 is 2.56 bits per heavy atom. The van der Waals surface area contributed by atoms with Crippen molar-refractivity contribution in [3.8, 4) is 11.6 Å². The minimum atomic E-state index is -4.07. The average Bonchev–Trinajstić information content (AvgIpc) is 3.52. The number of fused-ring (bicyclic) bond motifs is 1. The molecule has 3 heterocycles. The Morgan fingerprint density at radius 1 is 1.11 bits per heavy atom. The Hall–Kier alpha value is -3.87. The van der Waals surface area contributed by atoms with Gasteiger partial charge in [0.15, 0.2) is 0 Å². The summed E-state index contributed by atoms with van der Waals surface area (Å²) in [6, 6.07) is 14.3. The van der Waals surface area contributed by atoms with E-state index in [-0.39, 0.29) is 20.1 Å². The average molecular weight is 545 g/mol. The number of carbonyl (C=O) groups excluding carboxylic acids is 1. The molecule has 2 aromatic carbocycles. The van der Waals surface area contributed by atoms with Crippen molar-refractivity contribution in [1.82, 2.24) is 9.29 Å². The van der Waals surface area contributed by atoms with Gasteiger partial charge in [-0.3, -0.25) is 4.79 Å². The van der Waals surface area contributed by atoms with Gasteiger partial charge in [0.1, 0.15) is 10.8 Å². The normalized spacial score (nSPS) is 13.3. The molecular formula is C23H17ClN4O6S2. The lowest BCUT2D eigenvalue weighted by atomic mass is 10.1. The van der Waals surface area contributed by atoms with Crippen LogP contribution >= 0.6 is 22.9 Å². The third-order valence-electron chi connectivity index (χ3n) is 5.26. The molecule has 0 bridgehead atoms. The number of amides is 2. The second kappa shape index (κ2) is 9.30. The van der Waals surface area contributed by atoms with Crippen LogP contribution in [0, 0.1) is 0 Å². The van der Waals surface area contributed by atoms with E-state index >= 15 is 0 Å². The number of carbonyl (C=O) groups is 1. The van der Waals surface area contributed by atoms with Gasteiger partial charge >= 0.3 is 6.03 Å². The van der Waals surface area contributed by atoms with Crippen molar-refractivity contribution >= 4 is 61.3 Å². The minimum absolute atomic E-state index is 0.0972. The van der Waals surface area contributed by atoms with E-state index in [2.05, 4.69) is 10.3 Å². The number of aromatic hydroxyl groups is 1. The SMILES string of the molecule is O=C(Nc1ccc(-n2c(O)c3ccc(C4=NCCO4)cc3cc2=O)cc1)NS(=O)(=O)c1ccc(Cl)s1. The van der Waals surface area contributed by atoms with Gasteiger partial charge < -0.3 is 15.2 Å². The number of hydrogen-bond acceptors (Lipinski definition) is 8. The van der Waals surface area contributed by atoms with Crippen molar-refractivity contribution in [3.63, 3.8) is 0 Å². The number of nitrogens with one attached hydrogen (secondary N) is 2. The van der Waals surface area contributed by atoms with Gasteiger partial charge in [-0.15, -0.1) is 11.3 Å². The molecule has 13 heteroatoms. The molecule has 0 saturated heterocycles. The Kier molecular flexibility index (Phi) is 6.16. The fourth-order valence-corrected chi connectivity index (χ4v) is 6.06. The number of anilines is 1. The summed E-state index contributed by atoms with van der Waals surface area (Å²) in [6.45, 7) is 1.08. The zero-order valence-electron chi connectivity index (χ0n) is 18.3. The first-order valence-corrected chi connectivity index (χ1v) is 13.1. The number of ether oxygens (including phenoxy) is 1. The summed E-state index contributed by atoms with van der Waals surface area (Å²) in [6.07, 6.45) is 0. The van der Waals surface area contributed by atoms with E-state index in [1.165, 1.54) is 42.5 Å². The van der Waals surface area contributed by atoms with E-state index in [4.69, 9.17) is 16.3 Å². The van der Waals surface area contributed by atoms with Crippen LogP contribution in [0.25, 0.3) is 16.5 Å². The minimum Gasteiger partial charge on any atom is -0.494 e. The number of nitrogens with zero attached hydrogens (tertiary/aromatic N) is 2. The predicted octanol–water partition coefficient (Wildman–Crippen LogP) is 3.70. The Labute approximate surface area is 213 Å². The van der Waals surface area contributed by atoms with Gasteiger partial charge in [0, 0.05) is 22.7 Å². The van der Waals surface area contributed by atoms with Crippen LogP contribution < -0.4 is 15.6 Å². The van der Waals surface area contributed by atoms with E-state index in [9.17, 15) is 23.1 Å². The predicted molar refractivity (Wildman–Crippen MR) is 137 cm³/mol. The van der Waals surface area contributed by atoms with Crippen LogP contribution in [0.4, 0.5) is 10.5 Å². The third-order valence-corrected chi connectivity index (χ3v) is 8.31. The van der Waals surface area contributed by atoms with Gasteiger partial charge in [-0.25, -0.2) is 27.5 Å². The molecule has 1 aliphatic heterocycles. The van der Waals surface area contributed by atoms with Crippen LogP contribution in [0.2, 0.25) is 4.34 Å². The molecule has 0 unspecified atom stereocenters. The first-order valence-electron chi connectivity index (χ1n) is 10.5. The highest BCUT2D eigenvalue weighted by molar-refractivity contribution is 7.92. The molecule has 3 N–H and O–H groups in total. The number of pyridine rings is 1. The van der Waals surface area contributed by atoms with Crippen LogP contribution in [0.3, 0.4) is 0 Å². The maximum Gasteiger partial charge on any atom is 0.333 e. The Balaban J connectivity index is 1.36. The summed E-state index contributed by atoms with van der Waals surface area (Å²) >= 11 is 6.58. The highest BCUT2D eigenvalue weighted by Crippen LogP contribution is 2.28. The molecule has 0 radical (unpaired) electrons. The number of rotatable bonds is 5. The van der Waals surface area contributed by atoms with Crippen molar-refractivity contribution in [2.45, 2.75) is 4.21 Å². The largest absolute Gasteiger partial charge is 0.494 e. The second-order valence-corrected chi connectivity index (χ2v) is 11.3. The van der Waals surface area contributed by atoms with Gasteiger partial charge in [0.05, 0.1) is 16.6 Å². The van der Waals surface area contributed by atoms with Crippen LogP contribution in [0.5, 0.6) is 5.88 Å². The van der Waals surface area contributed by atoms with Crippen LogP contribution in [-0.4, -0.2) is 43.2 Å². The lowest BCUT2D eigenvalue weighted by Gasteiger charge is -2.13. The molecule has 36 heavy (non-hydrogen) atoms. The lowest BCUT2D eigenvalue weighted by Crippen LogP contribution is -2.33. The highest BCUT2D eigenvalue weighted by Gasteiger charge is 2.20. The number of urea groups is 1. The molecule has 2 amide bonds. The molecule has 0 atom stereocenters. The molecule has 0 saturated carbocycles. The van der Waals surface area contributed by atoms with Gasteiger partial charge in [-0.1, -0.05) is 11.6 Å². The zero-order chi connectivity index (χ0) is 25.4. The first kappa shape index (κ1) is 23.9. The molecule has 0 aliphatic carbocycles. The van der Waals surface area contributed by atoms with E-state index in [1.54, 1.807) is 18.2 Å². The van der Waals surface area contributed by atoms with Crippen LogP contribution in [0.1, 0.15) is 5.56 Å². The molecule has 0 spiro atoms. The summed E-state index contributed by atoms with van der Waals surface area (Å²) < 4.78 is 33.2. The molecule has 1 aliphatic rings. The maximum atomic E-state index is 12.8. The second-order valence-electron chi connectivity index (χ2n) is 7.64. The van der Waals surface area contributed by atoms with Crippen molar-refractivity contribution < 1.29 is 23.1 Å². The monoisotopic (exact) mass is 544 g/mol. The molecule has 5 rings (SSSR count). The Morgan fingerprint density at radius 2 is 1.89 bits per heavy atom. The summed E-state index contributed by atoms with van der Waals surface area (Å²) in [7, 11) is -4.07. The molecule has 0 fully saturated rings. The standard InChI is InChI=1S/C23H17ClN4O6S2/c24-18-7-8-20(35-18)36(32,33)27-23(31)26-15-2-4-16(5-3-15)28-19(29)12-14-11-13(21-25-9-10-34-21)1-6-17(14)22(28)30/h1-8,11-12,30H,9-10H2,(H2,26,27,31). The summed E-state index contributed by atoms with van der Waals surface area (Å²) in [4.78, 5) is 29.3. The molecule has 2 aromatic heterocycles. The Bertz CT molecular complexity index is 1690. The van der Waals surface area contributed by atoms with Gasteiger partial charge in [0.25, 0.3) is 15.6 Å². The molecule has 184 valence electrons. The maximum absolute atomic E-state index is 12.8. The zero-order valence-corrected chi connectivity index (χ0v) is 20.7. The number of aliphatic imine (C=N–C) groups is 1. The van der Waals surface area contributed by atoms with Crippen LogP contribution in [-0.2, 0) is 14.8 Å². The van der Waals surface area contributed by atoms with Gasteiger partial charge in [-0.2, -0.15) is 0 Å². The van der Waals surface area contributed by atoms with E-state index < -0.39 is 21.6 Å². The van der Waals surface area contributed by atoms with Crippen molar-refractivity contribution in [2.75, 3.05) is 18.5 Å². The summed E-state index contributed by atoms with van der Waals surface area (Å²) in [5.74, 6) is 0.247.